The molecule has 0 radical (unpaired) electrons. The molecule has 3 heteroatoms. The van der Waals surface area contributed by atoms with E-state index < -0.39 is 0 Å². The fourth-order valence-corrected chi connectivity index (χ4v) is 1.99. The van der Waals surface area contributed by atoms with Crippen LogP contribution in [0.3, 0.4) is 0 Å². The molecule has 0 aliphatic rings. The van der Waals surface area contributed by atoms with Gasteiger partial charge in [-0.2, -0.15) is 0 Å². The van der Waals surface area contributed by atoms with Gasteiger partial charge in [-0.25, -0.2) is 4.39 Å². The van der Waals surface area contributed by atoms with Crippen molar-refractivity contribution in [1.82, 2.24) is 5.32 Å². The molecule has 0 aliphatic heterocycles. The standard InChI is InChI=1S/C15H24FNO/c1-3-17-12-13(9-10-18-4-2)11-14-7-5-6-8-15(14)16/h5-8,13,17H,3-4,9-12H2,1-2H3. The van der Waals surface area contributed by atoms with Crippen molar-refractivity contribution < 1.29 is 9.13 Å². The lowest BCUT2D eigenvalue weighted by atomic mass is 9.96. The third-order valence-corrected chi connectivity index (χ3v) is 3.02. The molecular weight excluding hydrogens is 229 g/mol. The zero-order valence-electron chi connectivity index (χ0n) is 11.4. The maximum absolute atomic E-state index is 13.6. The fraction of sp³-hybridized carbons (Fsp3) is 0.600. The number of halogens is 1. The van der Waals surface area contributed by atoms with Crippen LogP contribution in [0.15, 0.2) is 24.3 Å². The molecule has 1 unspecified atom stereocenters. The van der Waals surface area contributed by atoms with E-state index in [1.807, 2.05) is 19.1 Å². The summed E-state index contributed by atoms with van der Waals surface area (Å²) in [6.07, 6.45) is 1.74. The molecule has 0 saturated heterocycles. The highest BCUT2D eigenvalue weighted by molar-refractivity contribution is 5.17. The van der Waals surface area contributed by atoms with Crippen LogP contribution in [-0.4, -0.2) is 26.3 Å². The van der Waals surface area contributed by atoms with Gasteiger partial charge in [-0.15, -0.1) is 0 Å². The van der Waals surface area contributed by atoms with E-state index in [-0.39, 0.29) is 5.82 Å². The van der Waals surface area contributed by atoms with Crippen LogP contribution < -0.4 is 5.32 Å². The molecule has 1 N–H and O–H groups in total. The summed E-state index contributed by atoms with van der Waals surface area (Å²) in [5.41, 5.74) is 0.803. The molecule has 0 saturated carbocycles. The summed E-state index contributed by atoms with van der Waals surface area (Å²) in [5, 5.41) is 3.34. The van der Waals surface area contributed by atoms with Crippen molar-refractivity contribution >= 4 is 0 Å². The van der Waals surface area contributed by atoms with Crippen LogP contribution >= 0.6 is 0 Å². The summed E-state index contributed by atoms with van der Waals surface area (Å²) in [4.78, 5) is 0. The first-order valence-corrected chi connectivity index (χ1v) is 6.79. The van der Waals surface area contributed by atoms with Crippen LogP contribution in [0.25, 0.3) is 0 Å². The van der Waals surface area contributed by atoms with E-state index in [0.29, 0.717) is 5.92 Å². The van der Waals surface area contributed by atoms with E-state index in [1.165, 1.54) is 6.07 Å². The predicted octanol–water partition coefficient (Wildman–Crippen LogP) is 3.02. The lowest BCUT2D eigenvalue weighted by Crippen LogP contribution is -2.25. The average Bonchev–Trinajstić information content (AvgIpc) is 2.38. The summed E-state index contributed by atoms with van der Waals surface area (Å²) in [7, 11) is 0. The number of hydrogen-bond acceptors (Lipinski definition) is 2. The van der Waals surface area contributed by atoms with Gasteiger partial charge in [-0.1, -0.05) is 25.1 Å². The fourth-order valence-electron chi connectivity index (χ4n) is 1.99. The molecule has 1 atom stereocenters. The molecule has 0 amide bonds. The molecule has 1 aromatic rings. The highest BCUT2D eigenvalue weighted by Gasteiger charge is 2.11. The second-order valence-corrected chi connectivity index (χ2v) is 4.45. The van der Waals surface area contributed by atoms with Gasteiger partial charge >= 0.3 is 0 Å². The molecule has 0 fully saturated rings. The zero-order chi connectivity index (χ0) is 13.2. The highest BCUT2D eigenvalue weighted by Crippen LogP contribution is 2.15. The van der Waals surface area contributed by atoms with Gasteiger partial charge in [-0.3, -0.25) is 0 Å². The van der Waals surface area contributed by atoms with Gasteiger partial charge in [0.05, 0.1) is 0 Å². The molecule has 0 aliphatic carbocycles. The van der Waals surface area contributed by atoms with Gasteiger partial charge in [0.25, 0.3) is 0 Å². The Kier molecular flexibility index (Phi) is 7.62. The molecule has 0 bridgehead atoms. The van der Waals surface area contributed by atoms with Crippen molar-refractivity contribution in [2.24, 2.45) is 5.92 Å². The lowest BCUT2D eigenvalue weighted by Gasteiger charge is -2.17. The van der Waals surface area contributed by atoms with Crippen LogP contribution in [0, 0.1) is 11.7 Å². The quantitative estimate of drug-likeness (QED) is 0.683. The minimum atomic E-state index is -0.101. The van der Waals surface area contributed by atoms with Crippen molar-refractivity contribution in [1.29, 1.82) is 0 Å². The maximum Gasteiger partial charge on any atom is 0.126 e. The van der Waals surface area contributed by atoms with E-state index in [9.17, 15) is 4.39 Å². The summed E-state index contributed by atoms with van der Waals surface area (Å²) in [5.74, 6) is 0.323. The van der Waals surface area contributed by atoms with E-state index in [4.69, 9.17) is 4.74 Å². The van der Waals surface area contributed by atoms with Gasteiger partial charge in [-0.05, 0) is 50.4 Å². The highest BCUT2D eigenvalue weighted by atomic mass is 19.1. The molecule has 18 heavy (non-hydrogen) atoms. The van der Waals surface area contributed by atoms with Crippen LogP contribution in [0.2, 0.25) is 0 Å². The molecule has 0 heterocycles. The number of nitrogens with one attached hydrogen (secondary N) is 1. The maximum atomic E-state index is 13.6. The van der Waals surface area contributed by atoms with Crippen molar-refractivity contribution in [3.63, 3.8) is 0 Å². The molecule has 1 aromatic carbocycles. The van der Waals surface area contributed by atoms with Gasteiger partial charge in [0.2, 0.25) is 0 Å². The van der Waals surface area contributed by atoms with Crippen molar-refractivity contribution in [2.75, 3.05) is 26.3 Å². The molecule has 102 valence electrons. The van der Waals surface area contributed by atoms with Gasteiger partial charge in [0.1, 0.15) is 5.82 Å². The second kappa shape index (κ2) is 9.06. The van der Waals surface area contributed by atoms with Gasteiger partial charge in [0.15, 0.2) is 0 Å². The number of benzene rings is 1. The second-order valence-electron chi connectivity index (χ2n) is 4.45. The third kappa shape index (κ3) is 5.61. The molecule has 0 spiro atoms. The van der Waals surface area contributed by atoms with Crippen molar-refractivity contribution in [3.05, 3.63) is 35.6 Å². The Morgan fingerprint density at radius 1 is 1.28 bits per heavy atom. The normalized spacial score (nSPS) is 12.6. The van der Waals surface area contributed by atoms with E-state index in [0.717, 1.165) is 44.7 Å². The molecule has 2 nitrogen and oxygen atoms in total. The monoisotopic (exact) mass is 253 g/mol. The lowest BCUT2D eigenvalue weighted by molar-refractivity contribution is 0.131. The molecule has 1 rings (SSSR count). The van der Waals surface area contributed by atoms with Gasteiger partial charge < -0.3 is 10.1 Å². The molecular formula is C15H24FNO. The van der Waals surface area contributed by atoms with Crippen LogP contribution in [-0.2, 0) is 11.2 Å². The summed E-state index contributed by atoms with van der Waals surface area (Å²) >= 11 is 0. The van der Waals surface area contributed by atoms with Crippen LogP contribution in [0.4, 0.5) is 4.39 Å². The Bertz CT molecular complexity index is 330. The first-order valence-electron chi connectivity index (χ1n) is 6.79. The molecule has 0 aromatic heterocycles. The number of hydrogen-bond donors (Lipinski definition) is 1. The van der Waals surface area contributed by atoms with E-state index in [2.05, 4.69) is 12.2 Å². The zero-order valence-corrected chi connectivity index (χ0v) is 11.4. The minimum absolute atomic E-state index is 0.101. The Hall–Kier alpha value is -0.930. The first-order chi connectivity index (χ1) is 8.77. The SMILES string of the molecule is CCNCC(CCOCC)Cc1ccccc1F. The summed E-state index contributed by atoms with van der Waals surface area (Å²) in [6, 6.07) is 7.03. The third-order valence-electron chi connectivity index (χ3n) is 3.02. The Morgan fingerprint density at radius 2 is 2.06 bits per heavy atom. The Morgan fingerprint density at radius 3 is 2.72 bits per heavy atom. The van der Waals surface area contributed by atoms with Crippen molar-refractivity contribution in [2.45, 2.75) is 26.7 Å². The largest absolute Gasteiger partial charge is 0.382 e. The minimum Gasteiger partial charge on any atom is -0.382 e. The number of ether oxygens (including phenoxy) is 1. The Labute approximate surface area is 110 Å². The first kappa shape index (κ1) is 15.1. The van der Waals surface area contributed by atoms with Gasteiger partial charge in [0, 0.05) is 13.2 Å². The van der Waals surface area contributed by atoms with Crippen LogP contribution in [0.1, 0.15) is 25.8 Å². The van der Waals surface area contributed by atoms with Crippen molar-refractivity contribution in [3.8, 4) is 0 Å². The summed E-state index contributed by atoms with van der Waals surface area (Å²) < 4.78 is 19.0. The van der Waals surface area contributed by atoms with E-state index in [1.54, 1.807) is 6.07 Å². The Balaban J connectivity index is 2.51. The predicted molar refractivity (Wildman–Crippen MR) is 73.2 cm³/mol. The van der Waals surface area contributed by atoms with Crippen LogP contribution in [0.5, 0.6) is 0 Å². The number of rotatable bonds is 9. The average molecular weight is 253 g/mol. The smallest absolute Gasteiger partial charge is 0.126 e. The van der Waals surface area contributed by atoms with E-state index >= 15 is 0 Å². The summed E-state index contributed by atoms with van der Waals surface area (Å²) in [6.45, 7) is 7.44. The topological polar surface area (TPSA) is 21.3 Å².